The highest BCUT2D eigenvalue weighted by Gasteiger charge is 2.40. The van der Waals surface area contributed by atoms with Crippen molar-refractivity contribution in [3.8, 4) is 11.5 Å². The number of ketones is 1. The summed E-state index contributed by atoms with van der Waals surface area (Å²) in [7, 11) is 3.31. The fourth-order valence-electron chi connectivity index (χ4n) is 3.62. The average Bonchev–Trinajstić information content (AvgIpc) is 2.67. The average molecular weight is 339 g/mol. The molecule has 0 bridgehead atoms. The first-order valence-corrected chi connectivity index (χ1v) is 8.63. The number of carbonyl (C=O) groups is 1. The van der Waals surface area contributed by atoms with Crippen molar-refractivity contribution in [2.24, 2.45) is 11.8 Å². The summed E-state index contributed by atoms with van der Waals surface area (Å²) in [5.41, 5.74) is 2.21. The van der Waals surface area contributed by atoms with Crippen LogP contribution >= 0.6 is 0 Å². The number of rotatable bonds is 4. The van der Waals surface area contributed by atoms with Gasteiger partial charge in [0.05, 0.1) is 14.2 Å². The number of ether oxygens (including phenoxy) is 2. The lowest BCUT2D eigenvalue weighted by Gasteiger charge is -2.39. The predicted molar refractivity (Wildman–Crippen MR) is 97.9 cm³/mol. The molecule has 0 spiro atoms. The summed E-state index contributed by atoms with van der Waals surface area (Å²) in [5.74, 6) is 1.79. The molecule has 0 amide bonds. The van der Waals surface area contributed by atoms with E-state index in [0.29, 0.717) is 5.78 Å². The first kappa shape index (κ1) is 17.5. The molecule has 0 aliphatic carbocycles. The summed E-state index contributed by atoms with van der Waals surface area (Å²) in [5, 5.41) is 3.69. The Bertz CT molecular complexity index is 662. The molecule has 4 nitrogen and oxygen atoms in total. The lowest BCUT2D eigenvalue weighted by atomic mass is 9.76. The second-order valence-electron chi connectivity index (χ2n) is 6.65. The predicted octanol–water partition coefficient (Wildman–Crippen LogP) is 3.93. The molecule has 1 aliphatic rings. The number of hydrogen-bond donors (Lipinski definition) is 1. The van der Waals surface area contributed by atoms with Gasteiger partial charge in [0.1, 0.15) is 17.3 Å². The molecule has 4 atom stereocenters. The molecule has 4 heteroatoms. The van der Waals surface area contributed by atoms with Crippen molar-refractivity contribution in [3.63, 3.8) is 0 Å². The van der Waals surface area contributed by atoms with Gasteiger partial charge >= 0.3 is 0 Å². The summed E-state index contributed by atoms with van der Waals surface area (Å²) < 4.78 is 10.5. The Labute approximate surface area is 149 Å². The van der Waals surface area contributed by atoms with E-state index >= 15 is 0 Å². The van der Waals surface area contributed by atoms with E-state index in [0.717, 1.165) is 22.6 Å². The van der Waals surface area contributed by atoms with Crippen LogP contribution in [0.2, 0.25) is 0 Å². The maximum absolute atomic E-state index is 12.8. The van der Waals surface area contributed by atoms with Gasteiger partial charge in [0.2, 0.25) is 0 Å². The van der Waals surface area contributed by atoms with Crippen molar-refractivity contribution in [1.29, 1.82) is 0 Å². The Morgan fingerprint density at radius 1 is 0.720 bits per heavy atom. The van der Waals surface area contributed by atoms with Crippen LogP contribution in [0.3, 0.4) is 0 Å². The van der Waals surface area contributed by atoms with Crippen molar-refractivity contribution in [3.05, 3.63) is 59.7 Å². The number of methoxy groups -OCH3 is 2. The first-order valence-electron chi connectivity index (χ1n) is 8.63. The van der Waals surface area contributed by atoms with E-state index in [-0.39, 0.29) is 23.9 Å². The van der Waals surface area contributed by atoms with Crippen LogP contribution in [-0.2, 0) is 4.79 Å². The van der Waals surface area contributed by atoms with Gasteiger partial charge in [-0.2, -0.15) is 0 Å². The fraction of sp³-hybridized carbons (Fsp3) is 0.381. The smallest absolute Gasteiger partial charge is 0.142 e. The van der Waals surface area contributed by atoms with Gasteiger partial charge < -0.3 is 14.8 Å². The van der Waals surface area contributed by atoms with Gasteiger partial charge in [0.25, 0.3) is 0 Å². The van der Waals surface area contributed by atoms with E-state index in [1.54, 1.807) is 14.2 Å². The van der Waals surface area contributed by atoms with Crippen LogP contribution in [0.5, 0.6) is 11.5 Å². The minimum absolute atomic E-state index is 0.0123. The number of benzene rings is 2. The molecular weight excluding hydrogens is 314 g/mol. The van der Waals surface area contributed by atoms with Crippen molar-refractivity contribution in [1.82, 2.24) is 5.32 Å². The number of Topliss-reactive ketones (excluding diaryl/α,β-unsaturated/α-hetero) is 1. The van der Waals surface area contributed by atoms with Gasteiger partial charge in [-0.3, -0.25) is 4.79 Å². The van der Waals surface area contributed by atoms with Gasteiger partial charge in [-0.1, -0.05) is 38.1 Å². The Morgan fingerprint density at radius 2 is 1.08 bits per heavy atom. The van der Waals surface area contributed by atoms with Crippen LogP contribution in [0.15, 0.2) is 48.5 Å². The maximum atomic E-state index is 12.8. The highest BCUT2D eigenvalue weighted by atomic mass is 16.5. The highest BCUT2D eigenvalue weighted by molar-refractivity contribution is 5.85. The summed E-state index contributed by atoms with van der Waals surface area (Å²) in [6.07, 6.45) is 0. The Morgan fingerprint density at radius 3 is 1.40 bits per heavy atom. The number of carbonyl (C=O) groups excluding carboxylic acids is 1. The van der Waals surface area contributed by atoms with Crippen LogP contribution in [-0.4, -0.2) is 20.0 Å². The Balaban J connectivity index is 1.89. The van der Waals surface area contributed by atoms with Gasteiger partial charge in [-0.05, 0) is 35.4 Å². The van der Waals surface area contributed by atoms with Gasteiger partial charge in [0.15, 0.2) is 0 Å². The highest BCUT2D eigenvalue weighted by Crippen LogP contribution is 2.38. The van der Waals surface area contributed by atoms with E-state index in [1.807, 2.05) is 62.4 Å². The standard InChI is InChI=1S/C21H25NO3/c1-13-19(15-5-9-17(24-3)10-6-15)22-20(14(2)21(13)23)16-7-11-18(25-4)12-8-16/h5-14,19-20,22H,1-4H3/t13-,14+,19-,20-/m1/s1. The molecule has 0 saturated carbocycles. The van der Waals surface area contributed by atoms with Crippen molar-refractivity contribution >= 4 is 5.78 Å². The molecule has 25 heavy (non-hydrogen) atoms. The third kappa shape index (κ3) is 3.40. The van der Waals surface area contributed by atoms with Crippen LogP contribution in [0.1, 0.15) is 37.1 Å². The summed E-state index contributed by atoms with van der Waals surface area (Å²) >= 11 is 0. The molecule has 132 valence electrons. The lowest BCUT2D eigenvalue weighted by Crippen LogP contribution is -2.46. The SMILES string of the molecule is COc1ccc([C@@H]2N[C@@H](c3ccc(OC)cc3)[C@@H](C)C(=O)[C@H]2C)cc1. The van der Waals surface area contributed by atoms with E-state index in [2.05, 4.69) is 5.32 Å². The minimum atomic E-state index is -0.0714. The number of hydrogen-bond acceptors (Lipinski definition) is 4. The summed E-state index contributed by atoms with van der Waals surface area (Å²) in [6, 6.07) is 15.8. The van der Waals surface area contributed by atoms with E-state index in [9.17, 15) is 4.79 Å². The quantitative estimate of drug-likeness (QED) is 0.917. The third-order valence-corrected chi connectivity index (χ3v) is 5.21. The van der Waals surface area contributed by atoms with Crippen molar-refractivity contribution in [2.45, 2.75) is 25.9 Å². The second-order valence-corrected chi connectivity index (χ2v) is 6.65. The largest absolute Gasteiger partial charge is 0.497 e. The molecule has 0 aromatic heterocycles. The van der Waals surface area contributed by atoms with Crippen LogP contribution in [0, 0.1) is 11.8 Å². The molecule has 1 N–H and O–H groups in total. The maximum Gasteiger partial charge on any atom is 0.142 e. The van der Waals surface area contributed by atoms with Crippen LogP contribution in [0.25, 0.3) is 0 Å². The minimum Gasteiger partial charge on any atom is -0.497 e. The summed E-state index contributed by atoms with van der Waals surface area (Å²) in [6.45, 7) is 4.01. The van der Waals surface area contributed by atoms with Gasteiger partial charge in [0, 0.05) is 23.9 Å². The Hall–Kier alpha value is -2.33. The molecule has 2 aromatic carbocycles. The van der Waals surface area contributed by atoms with Gasteiger partial charge in [-0.15, -0.1) is 0 Å². The normalized spacial score (nSPS) is 26.3. The van der Waals surface area contributed by atoms with Crippen molar-refractivity contribution < 1.29 is 14.3 Å². The van der Waals surface area contributed by atoms with E-state index in [4.69, 9.17) is 9.47 Å². The fourth-order valence-corrected chi connectivity index (χ4v) is 3.62. The van der Waals surface area contributed by atoms with E-state index < -0.39 is 0 Å². The third-order valence-electron chi connectivity index (χ3n) is 5.21. The zero-order valence-electron chi connectivity index (χ0n) is 15.2. The van der Waals surface area contributed by atoms with Gasteiger partial charge in [-0.25, -0.2) is 0 Å². The first-order chi connectivity index (χ1) is 12.0. The Kier molecular flexibility index (Phi) is 5.09. The second kappa shape index (κ2) is 7.28. The molecule has 1 heterocycles. The molecule has 2 aromatic rings. The van der Waals surface area contributed by atoms with E-state index in [1.165, 1.54) is 0 Å². The molecule has 0 radical (unpaired) electrons. The topological polar surface area (TPSA) is 47.6 Å². The zero-order chi connectivity index (χ0) is 18.0. The molecule has 1 fully saturated rings. The van der Waals surface area contributed by atoms with Crippen LogP contribution < -0.4 is 14.8 Å². The molecule has 1 saturated heterocycles. The number of piperidine rings is 1. The molecule has 3 rings (SSSR count). The monoisotopic (exact) mass is 339 g/mol. The van der Waals surface area contributed by atoms with Crippen LogP contribution in [0.4, 0.5) is 0 Å². The molecular formula is C21H25NO3. The van der Waals surface area contributed by atoms with Crippen molar-refractivity contribution in [2.75, 3.05) is 14.2 Å². The number of nitrogens with one attached hydrogen (secondary N) is 1. The summed E-state index contributed by atoms with van der Waals surface area (Å²) in [4.78, 5) is 12.8. The molecule has 1 aliphatic heterocycles. The zero-order valence-corrected chi connectivity index (χ0v) is 15.2. The lowest BCUT2D eigenvalue weighted by molar-refractivity contribution is -0.130. The molecule has 0 unspecified atom stereocenters.